The molecule has 0 aromatic carbocycles. The molecular formula is C15H25F3N6O3S. The lowest BCUT2D eigenvalue weighted by molar-refractivity contribution is -0.0494. The molecule has 0 spiro atoms. The first-order valence-corrected chi connectivity index (χ1v) is 10.5. The predicted molar refractivity (Wildman–Crippen MR) is 96.0 cm³/mol. The second-order valence-corrected chi connectivity index (χ2v) is 8.30. The molecule has 0 unspecified atom stereocenters. The molecule has 0 amide bonds. The Kier molecular flexibility index (Phi) is 7.63. The van der Waals surface area contributed by atoms with Crippen molar-refractivity contribution in [3.63, 3.8) is 0 Å². The van der Waals surface area contributed by atoms with E-state index in [-0.39, 0.29) is 32.0 Å². The largest absolute Gasteiger partial charge is 0.511 e. The fraction of sp³-hybridized carbons (Fsp3) is 0.800. The van der Waals surface area contributed by atoms with E-state index in [2.05, 4.69) is 25.8 Å². The standard InChI is InChI=1S/C15H25F3N6O3S/c1-3-19-14(20-8-4-5-13-21-11(2)23-27-13)22-12-6-9-24(10-7-12)28(25,26)15(16,17)18/h12H,3-10H2,1-2H3,(H2,19,20,22). The van der Waals surface area contributed by atoms with Gasteiger partial charge < -0.3 is 15.2 Å². The highest BCUT2D eigenvalue weighted by molar-refractivity contribution is 7.90. The second kappa shape index (κ2) is 9.54. The number of aromatic nitrogens is 2. The summed E-state index contributed by atoms with van der Waals surface area (Å²) in [5.74, 6) is 1.66. The van der Waals surface area contributed by atoms with Crippen molar-refractivity contribution in [2.75, 3.05) is 26.2 Å². The Morgan fingerprint density at radius 2 is 2.04 bits per heavy atom. The van der Waals surface area contributed by atoms with Crippen molar-refractivity contribution in [1.29, 1.82) is 0 Å². The maximum absolute atomic E-state index is 12.6. The minimum Gasteiger partial charge on any atom is -0.357 e. The Morgan fingerprint density at radius 1 is 1.36 bits per heavy atom. The first-order valence-electron chi connectivity index (χ1n) is 9.04. The maximum atomic E-state index is 12.6. The van der Waals surface area contributed by atoms with Gasteiger partial charge in [0.1, 0.15) is 0 Å². The first-order chi connectivity index (χ1) is 13.1. The molecule has 1 aliphatic rings. The van der Waals surface area contributed by atoms with Gasteiger partial charge in [0.15, 0.2) is 11.8 Å². The van der Waals surface area contributed by atoms with Crippen LogP contribution < -0.4 is 10.6 Å². The topological polar surface area (TPSA) is 113 Å². The number of hydrogen-bond acceptors (Lipinski definition) is 6. The molecule has 1 aromatic rings. The van der Waals surface area contributed by atoms with E-state index >= 15 is 0 Å². The summed E-state index contributed by atoms with van der Waals surface area (Å²) < 4.78 is 66.3. The summed E-state index contributed by atoms with van der Waals surface area (Å²) in [6.07, 6.45) is 1.82. The molecule has 0 aliphatic carbocycles. The van der Waals surface area contributed by atoms with Crippen LogP contribution in [0.15, 0.2) is 9.52 Å². The van der Waals surface area contributed by atoms with Gasteiger partial charge in [0.05, 0.1) is 0 Å². The number of aliphatic imine (C=N–C) groups is 1. The van der Waals surface area contributed by atoms with Crippen molar-refractivity contribution in [3.8, 4) is 0 Å². The lowest BCUT2D eigenvalue weighted by Crippen LogP contribution is -2.51. The molecule has 160 valence electrons. The SMILES string of the molecule is CCNC(=NCCCc1nc(C)no1)NC1CCN(S(=O)(=O)C(F)(F)F)CC1. The summed E-state index contributed by atoms with van der Waals surface area (Å²) in [6, 6.07) is -0.156. The van der Waals surface area contributed by atoms with Crippen molar-refractivity contribution in [1.82, 2.24) is 25.1 Å². The Balaban J connectivity index is 1.82. The molecule has 1 aliphatic heterocycles. The van der Waals surface area contributed by atoms with E-state index in [9.17, 15) is 21.6 Å². The van der Waals surface area contributed by atoms with Crippen LogP contribution in [0.3, 0.4) is 0 Å². The highest BCUT2D eigenvalue weighted by Crippen LogP contribution is 2.28. The van der Waals surface area contributed by atoms with Gasteiger partial charge in [0.2, 0.25) is 5.89 Å². The van der Waals surface area contributed by atoms with Gasteiger partial charge in [0.25, 0.3) is 0 Å². The Labute approximate surface area is 161 Å². The molecule has 1 aromatic heterocycles. The third-order valence-electron chi connectivity index (χ3n) is 4.16. The molecule has 2 heterocycles. The van der Waals surface area contributed by atoms with Gasteiger partial charge in [-0.15, -0.1) is 0 Å². The van der Waals surface area contributed by atoms with E-state index in [0.29, 0.717) is 47.9 Å². The van der Waals surface area contributed by atoms with Crippen molar-refractivity contribution in [3.05, 3.63) is 11.7 Å². The summed E-state index contributed by atoms with van der Waals surface area (Å²) in [6.45, 7) is 4.39. The highest BCUT2D eigenvalue weighted by atomic mass is 32.2. The number of guanidine groups is 1. The Morgan fingerprint density at radius 3 is 2.57 bits per heavy atom. The zero-order valence-corrected chi connectivity index (χ0v) is 16.6. The van der Waals surface area contributed by atoms with Gasteiger partial charge >= 0.3 is 15.5 Å². The molecule has 9 nitrogen and oxygen atoms in total. The lowest BCUT2D eigenvalue weighted by atomic mass is 10.1. The molecule has 2 N–H and O–H groups in total. The van der Waals surface area contributed by atoms with Gasteiger partial charge in [-0.3, -0.25) is 4.99 Å². The van der Waals surface area contributed by atoms with Crippen LogP contribution in [-0.4, -0.2) is 66.6 Å². The van der Waals surface area contributed by atoms with E-state index in [1.165, 1.54) is 0 Å². The minimum atomic E-state index is -5.26. The van der Waals surface area contributed by atoms with Gasteiger partial charge in [0, 0.05) is 38.6 Å². The Bertz CT molecular complexity index is 757. The van der Waals surface area contributed by atoms with E-state index in [0.717, 1.165) is 0 Å². The van der Waals surface area contributed by atoms with Gasteiger partial charge in [-0.05, 0) is 33.1 Å². The van der Waals surface area contributed by atoms with E-state index in [1.54, 1.807) is 6.92 Å². The van der Waals surface area contributed by atoms with Crippen molar-refractivity contribution in [2.45, 2.75) is 51.1 Å². The molecule has 1 fully saturated rings. The van der Waals surface area contributed by atoms with Crippen LogP contribution in [0.2, 0.25) is 0 Å². The van der Waals surface area contributed by atoms with Crippen LogP contribution in [0.5, 0.6) is 0 Å². The number of alkyl halides is 3. The van der Waals surface area contributed by atoms with Crippen LogP contribution in [0.1, 0.15) is 37.9 Å². The predicted octanol–water partition coefficient (Wildman–Crippen LogP) is 1.18. The average molecular weight is 426 g/mol. The molecule has 1 saturated heterocycles. The van der Waals surface area contributed by atoms with E-state index < -0.39 is 15.5 Å². The molecule has 28 heavy (non-hydrogen) atoms. The number of hydrogen-bond donors (Lipinski definition) is 2. The van der Waals surface area contributed by atoms with Crippen molar-refractivity contribution in [2.24, 2.45) is 4.99 Å². The summed E-state index contributed by atoms with van der Waals surface area (Å²) in [7, 11) is -5.26. The smallest absolute Gasteiger partial charge is 0.357 e. The average Bonchev–Trinajstić information content (AvgIpc) is 3.03. The van der Waals surface area contributed by atoms with Gasteiger partial charge in [-0.2, -0.15) is 22.5 Å². The van der Waals surface area contributed by atoms with Crippen LogP contribution >= 0.6 is 0 Å². The normalized spacial score (nSPS) is 17.7. The fourth-order valence-electron chi connectivity index (χ4n) is 2.76. The number of aryl methyl sites for hydroxylation is 2. The highest BCUT2D eigenvalue weighted by Gasteiger charge is 2.50. The molecule has 0 radical (unpaired) electrons. The quantitative estimate of drug-likeness (QED) is 0.382. The molecule has 0 saturated carbocycles. The van der Waals surface area contributed by atoms with E-state index in [4.69, 9.17) is 4.52 Å². The number of nitrogens with zero attached hydrogens (tertiary/aromatic N) is 4. The zero-order chi connectivity index (χ0) is 20.8. The third-order valence-corrected chi connectivity index (χ3v) is 5.79. The Hall–Kier alpha value is -1.89. The number of halogens is 3. The monoisotopic (exact) mass is 426 g/mol. The van der Waals surface area contributed by atoms with Crippen LogP contribution in [0.4, 0.5) is 13.2 Å². The third kappa shape index (κ3) is 6.06. The molecule has 2 rings (SSSR count). The van der Waals surface area contributed by atoms with Crippen molar-refractivity contribution >= 4 is 16.0 Å². The summed E-state index contributed by atoms with van der Waals surface area (Å²) in [4.78, 5) is 8.54. The first kappa shape index (κ1) is 22.4. The minimum absolute atomic E-state index is 0.156. The molecule has 0 atom stereocenters. The maximum Gasteiger partial charge on any atom is 0.511 e. The van der Waals surface area contributed by atoms with E-state index in [1.807, 2.05) is 6.92 Å². The second-order valence-electron chi connectivity index (χ2n) is 6.37. The van der Waals surface area contributed by atoms with Crippen molar-refractivity contribution < 1.29 is 26.1 Å². The number of rotatable bonds is 7. The zero-order valence-electron chi connectivity index (χ0n) is 15.8. The van der Waals surface area contributed by atoms with Gasteiger partial charge in [-0.1, -0.05) is 5.16 Å². The van der Waals surface area contributed by atoms with Crippen LogP contribution in [0, 0.1) is 6.92 Å². The lowest BCUT2D eigenvalue weighted by Gasteiger charge is -2.32. The number of piperidine rings is 1. The van der Waals surface area contributed by atoms with Crippen LogP contribution in [-0.2, 0) is 16.4 Å². The number of nitrogens with one attached hydrogen (secondary N) is 2. The number of sulfonamides is 1. The fourth-order valence-corrected chi connectivity index (χ4v) is 3.75. The summed E-state index contributed by atoms with van der Waals surface area (Å²) >= 11 is 0. The van der Waals surface area contributed by atoms with Crippen LogP contribution in [0.25, 0.3) is 0 Å². The molecule has 13 heteroatoms. The molecular weight excluding hydrogens is 401 g/mol. The summed E-state index contributed by atoms with van der Waals surface area (Å²) in [5, 5.41) is 9.94. The summed E-state index contributed by atoms with van der Waals surface area (Å²) in [5.41, 5.74) is -5.26. The van der Waals surface area contributed by atoms with Gasteiger partial charge in [-0.25, -0.2) is 8.42 Å². The molecule has 0 bridgehead atoms.